The first-order valence-corrected chi connectivity index (χ1v) is 11.2. The first-order chi connectivity index (χ1) is 15.9. The van der Waals surface area contributed by atoms with Gasteiger partial charge in [0, 0.05) is 43.1 Å². The molecule has 0 bridgehead atoms. The number of nitrogens with zero attached hydrogens (tertiary/aromatic N) is 1. The number of fused-ring (bicyclic) bond motifs is 3. The Labute approximate surface area is 196 Å². The SMILES string of the molecule is COCCOC(=O)CCc1cc2c(C)cc(=O)oc2c2c1OCN(Cc1ccc(Cl)cc1)C2. The lowest BCUT2D eigenvalue weighted by Crippen LogP contribution is -2.32. The molecule has 0 amide bonds. The minimum atomic E-state index is -0.397. The number of methoxy groups -OCH3 is 1. The van der Waals surface area contributed by atoms with Gasteiger partial charge in [0.2, 0.25) is 0 Å². The Morgan fingerprint density at radius 1 is 1.18 bits per heavy atom. The average molecular weight is 472 g/mol. The highest BCUT2D eigenvalue weighted by atomic mass is 35.5. The summed E-state index contributed by atoms with van der Waals surface area (Å²) in [5.74, 6) is 0.380. The second-order valence-corrected chi connectivity index (χ2v) is 8.51. The maximum atomic E-state index is 12.1. The highest BCUT2D eigenvalue weighted by molar-refractivity contribution is 6.30. The Bertz CT molecular complexity index is 1200. The van der Waals surface area contributed by atoms with Crippen molar-refractivity contribution in [2.45, 2.75) is 32.9 Å². The van der Waals surface area contributed by atoms with E-state index in [4.69, 9.17) is 30.2 Å². The lowest BCUT2D eigenvalue weighted by atomic mass is 9.97. The van der Waals surface area contributed by atoms with Crippen molar-refractivity contribution in [3.05, 3.63) is 74.1 Å². The largest absolute Gasteiger partial charge is 0.477 e. The predicted octanol–water partition coefficient (Wildman–Crippen LogP) is 4.23. The molecule has 33 heavy (non-hydrogen) atoms. The molecule has 0 fully saturated rings. The van der Waals surface area contributed by atoms with Gasteiger partial charge in [0.15, 0.2) is 0 Å². The van der Waals surface area contributed by atoms with E-state index in [9.17, 15) is 9.59 Å². The van der Waals surface area contributed by atoms with Crippen molar-refractivity contribution < 1.29 is 23.4 Å². The van der Waals surface area contributed by atoms with Gasteiger partial charge in [-0.25, -0.2) is 4.79 Å². The summed E-state index contributed by atoms with van der Waals surface area (Å²) in [6, 6.07) is 11.1. The molecule has 2 heterocycles. The zero-order valence-electron chi connectivity index (χ0n) is 18.7. The Kier molecular flexibility index (Phi) is 7.33. The Hall–Kier alpha value is -2.87. The van der Waals surface area contributed by atoms with Crippen LogP contribution >= 0.6 is 11.6 Å². The first-order valence-electron chi connectivity index (χ1n) is 10.8. The Morgan fingerprint density at radius 2 is 1.97 bits per heavy atom. The number of aryl methyl sites for hydroxylation is 2. The first kappa shape index (κ1) is 23.3. The van der Waals surface area contributed by atoms with Crippen LogP contribution < -0.4 is 10.4 Å². The zero-order chi connectivity index (χ0) is 23.4. The third-order valence-electron chi connectivity index (χ3n) is 5.61. The molecule has 0 saturated heterocycles. The van der Waals surface area contributed by atoms with Crippen LogP contribution in [0.15, 0.2) is 45.6 Å². The van der Waals surface area contributed by atoms with Gasteiger partial charge in [-0.3, -0.25) is 9.69 Å². The number of rotatable bonds is 8. The molecule has 3 aromatic rings. The number of esters is 1. The van der Waals surface area contributed by atoms with Crippen LogP contribution in [0.25, 0.3) is 11.0 Å². The van der Waals surface area contributed by atoms with Gasteiger partial charge >= 0.3 is 11.6 Å². The van der Waals surface area contributed by atoms with Gasteiger partial charge in [-0.15, -0.1) is 0 Å². The van der Waals surface area contributed by atoms with Gasteiger partial charge in [0.25, 0.3) is 0 Å². The van der Waals surface area contributed by atoms with Crippen molar-refractivity contribution in [3.63, 3.8) is 0 Å². The van der Waals surface area contributed by atoms with Crippen LogP contribution in [-0.2, 0) is 33.8 Å². The van der Waals surface area contributed by atoms with Gasteiger partial charge in [-0.1, -0.05) is 23.7 Å². The van der Waals surface area contributed by atoms with Crippen LogP contribution in [0.3, 0.4) is 0 Å². The third-order valence-corrected chi connectivity index (χ3v) is 5.86. The molecule has 8 heteroatoms. The molecule has 174 valence electrons. The minimum absolute atomic E-state index is 0.218. The molecule has 1 aromatic heterocycles. The number of hydrogen-bond acceptors (Lipinski definition) is 7. The summed E-state index contributed by atoms with van der Waals surface area (Å²) in [7, 11) is 1.56. The second kappa shape index (κ2) is 10.4. The van der Waals surface area contributed by atoms with Crippen molar-refractivity contribution in [3.8, 4) is 5.75 Å². The molecule has 0 saturated carbocycles. The molecular weight excluding hydrogens is 446 g/mol. The fraction of sp³-hybridized carbons (Fsp3) is 0.360. The van der Waals surface area contributed by atoms with Crippen LogP contribution in [0.2, 0.25) is 5.02 Å². The van der Waals surface area contributed by atoms with Gasteiger partial charge in [-0.2, -0.15) is 0 Å². The molecule has 0 atom stereocenters. The topological polar surface area (TPSA) is 78.2 Å². The van der Waals surface area contributed by atoms with Gasteiger partial charge in [0.1, 0.15) is 24.7 Å². The number of carbonyl (C=O) groups is 1. The lowest BCUT2D eigenvalue weighted by molar-refractivity contribution is -0.144. The number of halogens is 1. The fourth-order valence-corrected chi connectivity index (χ4v) is 4.12. The lowest BCUT2D eigenvalue weighted by Gasteiger charge is -2.31. The maximum absolute atomic E-state index is 12.1. The van der Waals surface area contributed by atoms with E-state index in [1.807, 2.05) is 37.3 Å². The van der Waals surface area contributed by atoms with E-state index in [1.54, 1.807) is 7.11 Å². The molecule has 0 aliphatic carbocycles. The summed E-state index contributed by atoms with van der Waals surface area (Å²) in [4.78, 5) is 26.4. The van der Waals surface area contributed by atoms with E-state index in [-0.39, 0.29) is 19.0 Å². The molecule has 0 unspecified atom stereocenters. The normalized spacial score (nSPS) is 13.5. The van der Waals surface area contributed by atoms with Crippen LogP contribution in [0.1, 0.15) is 28.7 Å². The van der Waals surface area contributed by atoms with E-state index in [2.05, 4.69) is 4.90 Å². The monoisotopic (exact) mass is 471 g/mol. The van der Waals surface area contributed by atoms with E-state index in [0.29, 0.717) is 49.2 Å². The third kappa shape index (κ3) is 5.55. The predicted molar refractivity (Wildman–Crippen MR) is 125 cm³/mol. The summed E-state index contributed by atoms with van der Waals surface area (Å²) in [5.41, 5.74) is 3.76. The van der Waals surface area contributed by atoms with Crippen LogP contribution in [-0.4, -0.2) is 37.9 Å². The van der Waals surface area contributed by atoms with Crippen molar-refractivity contribution >= 4 is 28.5 Å². The van der Waals surface area contributed by atoms with Gasteiger partial charge < -0.3 is 18.6 Å². The van der Waals surface area contributed by atoms with Gasteiger partial charge in [0.05, 0.1) is 12.2 Å². The molecule has 7 nitrogen and oxygen atoms in total. The van der Waals surface area contributed by atoms with Crippen molar-refractivity contribution in [1.82, 2.24) is 4.90 Å². The van der Waals surface area contributed by atoms with Crippen LogP contribution in [0.4, 0.5) is 0 Å². The molecule has 0 radical (unpaired) electrons. The van der Waals surface area contributed by atoms with Crippen LogP contribution in [0, 0.1) is 6.92 Å². The zero-order valence-corrected chi connectivity index (χ0v) is 19.4. The van der Waals surface area contributed by atoms with E-state index < -0.39 is 5.63 Å². The standard InChI is InChI=1S/C25H26ClNO6/c1-16-11-23(29)33-25-20(16)12-18(5-8-22(28)31-10-9-30-2)24-21(25)14-27(15-32-24)13-17-3-6-19(26)7-4-17/h3-4,6-7,11-12H,5,8-10,13-15H2,1-2H3. The van der Waals surface area contributed by atoms with Gasteiger partial charge in [-0.05, 0) is 48.2 Å². The number of hydrogen-bond donors (Lipinski definition) is 0. The molecule has 1 aliphatic heterocycles. The Morgan fingerprint density at radius 3 is 2.73 bits per heavy atom. The highest BCUT2D eigenvalue weighted by Crippen LogP contribution is 2.37. The molecule has 1 aliphatic rings. The molecule has 4 rings (SSSR count). The summed E-state index contributed by atoms with van der Waals surface area (Å²) < 4.78 is 21.9. The van der Waals surface area contributed by atoms with E-state index in [0.717, 1.165) is 27.6 Å². The molecule has 0 spiro atoms. The average Bonchev–Trinajstić information content (AvgIpc) is 2.79. The highest BCUT2D eigenvalue weighted by Gasteiger charge is 2.25. The van der Waals surface area contributed by atoms with E-state index in [1.165, 1.54) is 6.07 Å². The quantitative estimate of drug-likeness (QED) is 0.276. The number of ether oxygens (including phenoxy) is 3. The van der Waals surface area contributed by atoms with E-state index >= 15 is 0 Å². The second-order valence-electron chi connectivity index (χ2n) is 8.07. The number of benzene rings is 2. The van der Waals surface area contributed by atoms with Crippen molar-refractivity contribution in [1.29, 1.82) is 0 Å². The summed E-state index contributed by atoms with van der Waals surface area (Å²) in [6.45, 7) is 4.05. The molecule has 2 aromatic carbocycles. The molecule has 0 N–H and O–H groups in total. The summed E-state index contributed by atoms with van der Waals surface area (Å²) >= 11 is 6.00. The fourth-order valence-electron chi connectivity index (χ4n) is 3.99. The van der Waals surface area contributed by atoms with Crippen molar-refractivity contribution in [2.24, 2.45) is 0 Å². The summed E-state index contributed by atoms with van der Waals surface area (Å²) in [6.07, 6.45) is 0.676. The van der Waals surface area contributed by atoms with Crippen molar-refractivity contribution in [2.75, 3.05) is 27.1 Å². The Balaban J connectivity index is 1.62. The smallest absolute Gasteiger partial charge is 0.336 e. The molecular formula is C25H26ClNO6. The minimum Gasteiger partial charge on any atom is -0.477 e. The van der Waals surface area contributed by atoms with Crippen LogP contribution in [0.5, 0.6) is 5.75 Å². The number of carbonyl (C=O) groups excluding carboxylic acids is 1. The maximum Gasteiger partial charge on any atom is 0.336 e. The summed E-state index contributed by atoms with van der Waals surface area (Å²) in [5, 5.41) is 1.53.